The first-order valence-corrected chi connectivity index (χ1v) is 22.8. The van der Waals surface area contributed by atoms with Gasteiger partial charge in [-0.2, -0.15) is 0 Å². The maximum Gasteiger partial charge on any atom is 0.217 e. The molecule has 6 fully saturated rings. The molecular weight excluding hydrogens is 972 g/mol. The quantitative estimate of drug-likeness (QED) is 0.0682. The second kappa shape index (κ2) is 24.7. The topological polar surface area (TPSA) is 483 Å². The molecule has 71 heavy (non-hydrogen) atoms. The van der Waals surface area contributed by atoms with E-state index in [1.807, 2.05) is 0 Å². The average molecular weight is 1040 g/mol. The summed E-state index contributed by atoms with van der Waals surface area (Å²) in [5.41, 5.74) is 0. The van der Waals surface area contributed by atoms with Gasteiger partial charge in [0.2, 0.25) is 11.8 Å². The number of rotatable bonds is 16. The van der Waals surface area contributed by atoms with Crippen LogP contribution in [0.15, 0.2) is 0 Å². The van der Waals surface area contributed by atoms with E-state index in [2.05, 4.69) is 10.6 Å². The lowest BCUT2D eigenvalue weighted by Crippen LogP contribution is -2.70. The lowest BCUT2D eigenvalue weighted by Gasteiger charge is -2.50. The largest absolute Gasteiger partial charge is 0.394 e. The molecule has 6 rings (SSSR count). The van der Waals surface area contributed by atoms with Crippen LogP contribution >= 0.6 is 0 Å². The smallest absolute Gasteiger partial charge is 0.217 e. The van der Waals surface area contributed by atoms with E-state index in [1.165, 1.54) is 13.8 Å². The van der Waals surface area contributed by atoms with Crippen LogP contribution in [0.3, 0.4) is 0 Å². The van der Waals surface area contributed by atoms with Crippen LogP contribution in [0.5, 0.6) is 0 Å². The Morgan fingerprint density at radius 3 is 1.14 bits per heavy atom. The third-order valence-corrected chi connectivity index (χ3v) is 13.1. The molecule has 31 nitrogen and oxygen atoms in total. The van der Waals surface area contributed by atoms with Crippen LogP contribution in [-0.4, -0.2) is 304 Å². The first-order valence-electron chi connectivity index (χ1n) is 22.8. The van der Waals surface area contributed by atoms with Crippen molar-refractivity contribution >= 4 is 11.8 Å². The van der Waals surface area contributed by atoms with Gasteiger partial charge in [0.25, 0.3) is 0 Å². The lowest BCUT2D eigenvalue weighted by atomic mass is 9.94. The minimum atomic E-state index is -2.12. The van der Waals surface area contributed by atoms with E-state index in [-0.39, 0.29) is 0 Å². The van der Waals surface area contributed by atoms with Crippen LogP contribution in [0, 0.1) is 0 Å². The number of amides is 2. The number of carbonyl (C=O) groups excluding carboxylic acids is 2. The van der Waals surface area contributed by atoms with Crippen molar-refractivity contribution in [3.8, 4) is 0 Å². The molecule has 18 N–H and O–H groups in total. The SMILES string of the molecule is CC(=O)N[C@H]1[C@H](O[C@H]2[C@@H](O)[C@@H](CO)O[C@@H](O[C@H]3[C@@H](O)[C@H](O)[C@H](O[C@H]4[C@H](O)[C@@H](CO)OC(O)[C@@H]4NC(C)=O)O[C@H]3C)[C@@H]2O)O[C@H](CO)[C@@H](O)[C@@H]1O[C@@H]1O[C@@H](C)[C@@H](O[C@@H]2O[C@H](CO)[C@H](O)[C@H](O)[C@H]2O)[C@@H](O)[C@@H]1O. The zero-order valence-corrected chi connectivity index (χ0v) is 38.6. The van der Waals surface area contributed by atoms with Gasteiger partial charge in [-0.3, -0.25) is 9.59 Å². The van der Waals surface area contributed by atoms with Crippen molar-refractivity contribution in [1.82, 2.24) is 10.6 Å². The summed E-state index contributed by atoms with van der Waals surface area (Å²) >= 11 is 0. The van der Waals surface area contributed by atoms with Crippen LogP contribution in [0.2, 0.25) is 0 Å². The number of carbonyl (C=O) groups is 2. The molecule has 6 saturated heterocycles. The van der Waals surface area contributed by atoms with E-state index >= 15 is 0 Å². The second-order valence-corrected chi connectivity index (χ2v) is 18.2. The van der Waals surface area contributed by atoms with E-state index in [1.54, 1.807) is 0 Å². The van der Waals surface area contributed by atoms with Gasteiger partial charge in [-0.25, -0.2) is 0 Å². The average Bonchev–Trinajstić information content (AvgIpc) is 3.32. The fourth-order valence-corrected chi connectivity index (χ4v) is 9.26. The monoisotopic (exact) mass is 1040 g/mol. The Morgan fingerprint density at radius 1 is 0.366 bits per heavy atom. The first kappa shape index (κ1) is 58.1. The summed E-state index contributed by atoms with van der Waals surface area (Å²) in [7, 11) is 0. The highest BCUT2D eigenvalue weighted by Crippen LogP contribution is 2.37. The molecule has 0 saturated carbocycles. The Labute approximate surface area is 403 Å². The van der Waals surface area contributed by atoms with Crippen molar-refractivity contribution in [3.05, 3.63) is 0 Å². The minimum absolute atomic E-state index is 0.683. The minimum Gasteiger partial charge on any atom is -0.394 e. The molecule has 0 aliphatic carbocycles. The molecule has 6 heterocycles. The number of nitrogens with one attached hydrogen (secondary N) is 2. The van der Waals surface area contributed by atoms with Gasteiger partial charge in [0.1, 0.15) is 134 Å². The van der Waals surface area contributed by atoms with Crippen molar-refractivity contribution in [3.63, 3.8) is 0 Å². The summed E-state index contributed by atoms with van der Waals surface area (Å²) in [5.74, 6) is -1.50. The summed E-state index contributed by atoms with van der Waals surface area (Å²) in [6.07, 6.45) is -49.5. The van der Waals surface area contributed by atoms with Gasteiger partial charge in [-0.05, 0) is 13.8 Å². The van der Waals surface area contributed by atoms with Crippen molar-refractivity contribution in [2.45, 2.75) is 212 Å². The summed E-state index contributed by atoms with van der Waals surface area (Å²) in [5, 5.41) is 176. The molecule has 0 radical (unpaired) electrons. The summed E-state index contributed by atoms with van der Waals surface area (Å²) in [6.45, 7) is 1.26. The summed E-state index contributed by atoms with van der Waals surface area (Å²) in [4.78, 5) is 24.6. The van der Waals surface area contributed by atoms with E-state index < -0.39 is 222 Å². The highest BCUT2D eigenvalue weighted by molar-refractivity contribution is 5.73. The molecule has 0 bridgehead atoms. The molecule has 30 atom stereocenters. The van der Waals surface area contributed by atoms with Crippen LogP contribution in [0.25, 0.3) is 0 Å². The number of aliphatic hydroxyl groups excluding tert-OH is 16. The van der Waals surface area contributed by atoms with Crippen LogP contribution in [0.1, 0.15) is 27.7 Å². The molecule has 6 aliphatic rings. The van der Waals surface area contributed by atoms with E-state index in [0.717, 1.165) is 13.8 Å². The zero-order valence-electron chi connectivity index (χ0n) is 38.6. The zero-order chi connectivity index (χ0) is 52.5. The Hall–Kier alpha value is -2.14. The molecular formula is C40H68N2O29. The van der Waals surface area contributed by atoms with E-state index in [9.17, 15) is 91.3 Å². The number of ether oxygens (including phenoxy) is 11. The van der Waals surface area contributed by atoms with Crippen LogP contribution < -0.4 is 10.6 Å². The summed E-state index contributed by atoms with van der Waals surface area (Å²) in [6, 6.07) is -3.16. The van der Waals surface area contributed by atoms with Crippen LogP contribution in [-0.2, 0) is 61.7 Å². The molecule has 0 aromatic rings. The van der Waals surface area contributed by atoms with Gasteiger partial charge < -0.3 is 144 Å². The standard InChI is InChI=1S/C40H68N2O29/c1-9-30(67-39-26(56)23(53)19(49)13(5-43)65-39)24(54)28(58)38(62-9)70-33-18(42-12(4)48)36(64-15(7-45)21(33)51)71-34-22(52)16(8-46)66-40(29(34)59)68-31-10(2)61-37(27(57)25(31)55)69-32-17(41-11(3)47)35(60)63-14(6-44)20(32)50/h9-10,13-40,43-46,49-60H,5-8H2,1-4H3,(H,41,47)(H,42,48)/t9-,10-,13+,14+,15+,16+,17+,18+,19-,20+,21+,22-,23-,24-,25-,26+,27-,28-,29+,30+,31+,32+,33+,34-,35?,36-,37-,38-,39-,40-/m0/s1. The third-order valence-electron chi connectivity index (χ3n) is 13.1. The second-order valence-electron chi connectivity index (χ2n) is 18.2. The van der Waals surface area contributed by atoms with Gasteiger partial charge in [0, 0.05) is 13.8 Å². The fraction of sp³-hybridized carbons (Fsp3) is 0.950. The molecule has 2 amide bonds. The van der Waals surface area contributed by atoms with Gasteiger partial charge in [-0.1, -0.05) is 0 Å². The first-order chi connectivity index (χ1) is 33.5. The Balaban J connectivity index is 1.17. The normalized spacial score (nSPS) is 50.8. The van der Waals surface area contributed by atoms with Crippen molar-refractivity contribution in [1.29, 1.82) is 0 Å². The molecule has 0 aromatic carbocycles. The molecule has 1 unspecified atom stereocenters. The van der Waals surface area contributed by atoms with Gasteiger partial charge in [-0.15, -0.1) is 0 Å². The number of hydrogen-bond acceptors (Lipinski definition) is 29. The molecule has 0 spiro atoms. The molecule has 31 heteroatoms. The molecule has 6 aliphatic heterocycles. The van der Waals surface area contributed by atoms with Gasteiger partial charge in [0.15, 0.2) is 37.7 Å². The maximum atomic E-state index is 12.7. The molecule has 0 aromatic heterocycles. The lowest BCUT2D eigenvalue weighted by molar-refractivity contribution is -0.386. The summed E-state index contributed by atoms with van der Waals surface area (Å²) < 4.78 is 62.9. The predicted molar refractivity (Wildman–Crippen MR) is 220 cm³/mol. The fourth-order valence-electron chi connectivity index (χ4n) is 9.26. The van der Waals surface area contributed by atoms with E-state index in [4.69, 9.17) is 52.1 Å². The molecule has 412 valence electrons. The highest BCUT2D eigenvalue weighted by atomic mass is 16.8. The maximum absolute atomic E-state index is 12.7. The van der Waals surface area contributed by atoms with E-state index in [0.29, 0.717) is 0 Å². The van der Waals surface area contributed by atoms with Crippen molar-refractivity contribution in [2.24, 2.45) is 0 Å². The third kappa shape index (κ3) is 12.4. The Morgan fingerprint density at radius 2 is 0.690 bits per heavy atom. The predicted octanol–water partition coefficient (Wildman–Crippen LogP) is -11.8. The van der Waals surface area contributed by atoms with Gasteiger partial charge >= 0.3 is 0 Å². The Kier molecular flexibility index (Phi) is 20.2. The van der Waals surface area contributed by atoms with Crippen molar-refractivity contribution in [2.75, 3.05) is 26.4 Å². The number of aliphatic hydroxyl groups is 16. The number of hydrogen-bond donors (Lipinski definition) is 18. The van der Waals surface area contributed by atoms with Crippen LogP contribution in [0.4, 0.5) is 0 Å². The van der Waals surface area contributed by atoms with Gasteiger partial charge in [0.05, 0.1) is 38.6 Å². The Bertz CT molecular complexity index is 1710. The van der Waals surface area contributed by atoms with Crippen molar-refractivity contribution < 1.29 is 143 Å². The highest BCUT2D eigenvalue weighted by Gasteiger charge is 2.57.